The lowest BCUT2D eigenvalue weighted by Crippen LogP contribution is -2.17. The van der Waals surface area contributed by atoms with E-state index >= 15 is 0 Å². The van der Waals surface area contributed by atoms with E-state index in [1.807, 2.05) is 31.1 Å². The molecule has 0 unspecified atom stereocenters. The van der Waals surface area contributed by atoms with Gasteiger partial charge in [-0.15, -0.1) is 0 Å². The maximum atomic E-state index is 5.34. The van der Waals surface area contributed by atoms with Crippen molar-refractivity contribution in [2.24, 2.45) is 7.05 Å². The second kappa shape index (κ2) is 4.14. The van der Waals surface area contributed by atoms with Crippen LogP contribution in [-0.4, -0.2) is 26.8 Å². The van der Waals surface area contributed by atoms with E-state index in [1.165, 1.54) is 0 Å². The zero-order chi connectivity index (χ0) is 12.5. The fourth-order valence-electron chi connectivity index (χ4n) is 1.97. The number of aromatic nitrogens is 4. The molecule has 0 bridgehead atoms. The van der Waals surface area contributed by atoms with Crippen molar-refractivity contribution in [1.82, 2.24) is 19.7 Å². The van der Waals surface area contributed by atoms with E-state index in [9.17, 15) is 0 Å². The molecule has 18 heavy (non-hydrogen) atoms. The zero-order valence-corrected chi connectivity index (χ0v) is 10.2. The van der Waals surface area contributed by atoms with E-state index in [0.29, 0.717) is 6.54 Å². The minimum absolute atomic E-state index is 0.661. The smallest absolute Gasteiger partial charge is 0.163 e. The molecule has 0 atom stereocenters. The number of fused-ring (bicyclic) bond motifs is 1. The molecule has 3 heterocycles. The highest BCUT2D eigenvalue weighted by Crippen LogP contribution is 2.22. The quantitative estimate of drug-likeness (QED) is 0.699. The van der Waals surface area contributed by atoms with E-state index < -0.39 is 0 Å². The van der Waals surface area contributed by atoms with Gasteiger partial charge >= 0.3 is 0 Å². The predicted molar refractivity (Wildman–Crippen MR) is 67.1 cm³/mol. The van der Waals surface area contributed by atoms with Crippen molar-refractivity contribution in [3.63, 3.8) is 0 Å². The molecule has 0 fully saturated rings. The standard InChI is InChI=1S/C12H13N5O/c1-16(7-9-4-3-5-18-9)11-10-6-15-17(2)12(10)14-8-13-11/h3-6,8H,7H2,1-2H3. The summed E-state index contributed by atoms with van der Waals surface area (Å²) in [6.45, 7) is 0.661. The maximum Gasteiger partial charge on any atom is 0.163 e. The molecule has 0 aliphatic heterocycles. The minimum Gasteiger partial charge on any atom is -0.467 e. The normalized spacial score (nSPS) is 11.0. The molecule has 0 saturated heterocycles. The SMILES string of the molecule is CN(Cc1ccco1)c1ncnc2c1cnn2C. The summed E-state index contributed by atoms with van der Waals surface area (Å²) in [5.74, 6) is 1.75. The lowest BCUT2D eigenvalue weighted by molar-refractivity contribution is 0.507. The third kappa shape index (κ3) is 1.71. The number of hydrogen-bond acceptors (Lipinski definition) is 5. The van der Waals surface area contributed by atoms with Crippen LogP contribution in [0.2, 0.25) is 0 Å². The largest absolute Gasteiger partial charge is 0.467 e. The number of anilines is 1. The highest BCUT2D eigenvalue weighted by Gasteiger charge is 2.12. The van der Waals surface area contributed by atoms with Crippen molar-refractivity contribution in [1.29, 1.82) is 0 Å². The molecular formula is C12H13N5O. The van der Waals surface area contributed by atoms with Crippen LogP contribution in [0.4, 0.5) is 5.82 Å². The van der Waals surface area contributed by atoms with Gasteiger partial charge in [0.25, 0.3) is 0 Å². The second-order valence-corrected chi connectivity index (χ2v) is 4.14. The van der Waals surface area contributed by atoms with Crippen LogP contribution in [-0.2, 0) is 13.6 Å². The third-order valence-electron chi connectivity index (χ3n) is 2.84. The predicted octanol–water partition coefficient (Wildman–Crippen LogP) is 1.59. The molecule has 6 nitrogen and oxygen atoms in total. The van der Waals surface area contributed by atoms with Crippen molar-refractivity contribution in [2.75, 3.05) is 11.9 Å². The van der Waals surface area contributed by atoms with Gasteiger partial charge in [-0.25, -0.2) is 9.97 Å². The Balaban J connectivity index is 1.98. The second-order valence-electron chi connectivity index (χ2n) is 4.14. The molecule has 0 saturated carbocycles. The third-order valence-corrected chi connectivity index (χ3v) is 2.84. The van der Waals surface area contributed by atoms with Crippen molar-refractivity contribution in [3.8, 4) is 0 Å². The van der Waals surface area contributed by atoms with Crippen molar-refractivity contribution < 1.29 is 4.42 Å². The summed E-state index contributed by atoms with van der Waals surface area (Å²) in [4.78, 5) is 10.6. The van der Waals surface area contributed by atoms with Crippen LogP contribution in [0.1, 0.15) is 5.76 Å². The monoisotopic (exact) mass is 243 g/mol. The Morgan fingerprint density at radius 3 is 3.06 bits per heavy atom. The Kier molecular flexibility index (Phi) is 2.47. The maximum absolute atomic E-state index is 5.34. The molecule has 3 aromatic rings. The van der Waals surface area contributed by atoms with Gasteiger partial charge in [-0.1, -0.05) is 0 Å². The number of hydrogen-bond donors (Lipinski definition) is 0. The summed E-state index contributed by atoms with van der Waals surface area (Å²) in [6.07, 6.45) is 5.00. The van der Waals surface area contributed by atoms with Crippen LogP contribution in [0.15, 0.2) is 35.3 Å². The van der Waals surface area contributed by atoms with Gasteiger partial charge in [-0.3, -0.25) is 4.68 Å². The number of aryl methyl sites for hydroxylation is 1. The van der Waals surface area contributed by atoms with Crippen LogP contribution in [0.3, 0.4) is 0 Å². The summed E-state index contributed by atoms with van der Waals surface area (Å²) in [5, 5.41) is 5.14. The van der Waals surface area contributed by atoms with Crippen LogP contribution < -0.4 is 4.90 Å². The zero-order valence-electron chi connectivity index (χ0n) is 10.2. The first-order valence-electron chi connectivity index (χ1n) is 5.62. The Bertz CT molecular complexity index is 658. The summed E-state index contributed by atoms with van der Waals surface area (Å²) >= 11 is 0. The molecule has 0 aliphatic rings. The number of nitrogens with zero attached hydrogens (tertiary/aromatic N) is 5. The van der Waals surface area contributed by atoms with Gasteiger partial charge < -0.3 is 9.32 Å². The topological polar surface area (TPSA) is 60.0 Å². The molecule has 0 radical (unpaired) electrons. The van der Waals surface area contributed by atoms with E-state index in [1.54, 1.807) is 23.5 Å². The van der Waals surface area contributed by atoms with Gasteiger partial charge in [0.15, 0.2) is 5.65 Å². The van der Waals surface area contributed by atoms with E-state index in [4.69, 9.17) is 4.42 Å². The molecule has 0 spiro atoms. The fraction of sp³-hybridized carbons (Fsp3) is 0.250. The van der Waals surface area contributed by atoms with Gasteiger partial charge in [0.2, 0.25) is 0 Å². The molecule has 3 aromatic heterocycles. The van der Waals surface area contributed by atoms with Crippen molar-refractivity contribution in [2.45, 2.75) is 6.54 Å². The van der Waals surface area contributed by atoms with Crippen molar-refractivity contribution in [3.05, 3.63) is 36.7 Å². The molecular weight excluding hydrogens is 230 g/mol. The first-order chi connectivity index (χ1) is 8.75. The van der Waals surface area contributed by atoms with Crippen LogP contribution in [0, 0.1) is 0 Å². The Labute approximate surface area is 104 Å². The number of rotatable bonds is 3. The van der Waals surface area contributed by atoms with Gasteiger partial charge in [0.05, 0.1) is 24.4 Å². The molecule has 6 heteroatoms. The van der Waals surface area contributed by atoms with E-state index in [2.05, 4.69) is 15.1 Å². The van der Waals surface area contributed by atoms with Crippen LogP contribution >= 0.6 is 0 Å². The summed E-state index contributed by atoms with van der Waals surface area (Å²) < 4.78 is 7.07. The fourth-order valence-corrected chi connectivity index (χ4v) is 1.97. The van der Waals surface area contributed by atoms with Crippen molar-refractivity contribution >= 4 is 16.9 Å². The molecule has 92 valence electrons. The summed E-state index contributed by atoms with van der Waals surface area (Å²) in [5.41, 5.74) is 0.825. The average Bonchev–Trinajstić information content (AvgIpc) is 3.00. The van der Waals surface area contributed by atoms with Gasteiger partial charge in [-0.05, 0) is 12.1 Å². The highest BCUT2D eigenvalue weighted by atomic mass is 16.3. The molecule has 0 N–H and O–H groups in total. The lowest BCUT2D eigenvalue weighted by atomic mass is 10.3. The minimum atomic E-state index is 0.661. The van der Waals surface area contributed by atoms with Gasteiger partial charge in [0, 0.05) is 14.1 Å². The lowest BCUT2D eigenvalue weighted by Gasteiger charge is -2.16. The van der Waals surface area contributed by atoms with E-state index in [-0.39, 0.29) is 0 Å². The van der Waals surface area contributed by atoms with Gasteiger partial charge in [-0.2, -0.15) is 5.10 Å². The van der Waals surface area contributed by atoms with Crippen LogP contribution in [0.5, 0.6) is 0 Å². The Hall–Kier alpha value is -2.37. The van der Waals surface area contributed by atoms with Gasteiger partial charge in [0.1, 0.15) is 17.9 Å². The molecule has 0 aliphatic carbocycles. The number of furan rings is 1. The Morgan fingerprint density at radius 1 is 1.39 bits per heavy atom. The van der Waals surface area contributed by atoms with Crippen LogP contribution in [0.25, 0.3) is 11.0 Å². The summed E-state index contributed by atoms with van der Waals surface area (Å²) in [6, 6.07) is 3.82. The van der Waals surface area contributed by atoms with E-state index in [0.717, 1.165) is 22.6 Å². The molecule has 0 amide bonds. The molecule has 0 aromatic carbocycles. The average molecular weight is 243 g/mol. The summed E-state index contributed by atoms with van der Waals surface area (Å²) in [7, 11) is 3.84. The molecule has 3 rings (SSSR count). The first kappa shape index (κ1) is 10.8. The first-order valence-corrected chi connectivity index (χ1v) is 5.62. The Morgan fingerprint density at radius 2 is 2.28 bits per heavy atom. The highest BCUT2D eigenvalue weighted by molar-refractivity contribution is 5.86.